The van der Waals surface area contributed by atoms with Crippen LogP contribution in [0.2, 0.25) is 0 Å². The molecule has 0 aliphatic rings. The third-order valence-corrected chi connectivity index (χ3v) is 2.23. The molecule has 1 aromatic rings. The number of hydrogen-bond acceptors (Lipinski definition) is 3. The van der Waals surface area contributed by atoms with Crippen molar-refractivity contribution in [3.63, 3.8) is 0 Å². The number of hydrogen-bond donors (Lipinski definition) is 2. The molecule has 7 heteroatoms. The molecule has 0 aromatic heterocycles. The van der Waals surface area contributed by atoms with E-state index in [1.54, 1.807) is 12.1 Å². The van der Waals surface area contributed by atoms with Crippen molar-refractivity contribution in [1.82, 2.24) is 5.32 Å². The van der Waals surface area contributed by atoms with Crippen LogP contribution in [0.15, 0.2) is 24.3 Å². The molecule has 19 heavy (non-hydrogen) atoms. The Hall–Kier alpha value is -2.18. The Balaban J connectivity index is 2.37. The number of aryl methyl sites for hydroxylation is 1. The number of carboxylic acids is 1. The molecule has 0 fully saturated rings. The standard InChI is InChI=1S/C12H13F2NO4/c13-12(14)19-9-4-1-8(2-5-9)3-6-10(16)15-7-11(17)18/h1-2,4-5,12H,3,6-7H2,(H,15,16)(H,17,18). The smallest absolute Gasteiger partial charge is 0.387 e. The molecule has 104 valence electrons. The number of aliphatic carboxylic acids is 1. The average molecular weight is 273 g/mol. The predicted molar refractivity (Wildman–Crippen MR) is 62.0 cm³/mol. The Kier molecular flexibility index (Phi) is 5.72. The highest BCUT2D eigenvalue weighted by Gasteiger charge is 2.06. The maximum atomic E-state index is 11.9. The Morgan fingerprint density at radius 1 is 1.26 bits per heavy atom. The van der Waals surface area contributed by atoms with E-state index >= 15 is 0 Å². The quantitative estimate of drug-likeness (QED) is 0.787. The van der Waals surface area contributed by atoms with Gasteiger partial charge in [0.25, 0.3) is 0 Å². The molecule has 0 heterocycles. The first-order valence-electron chi connectivity index (χ1n) is 5.49. The molecule has 0 aliphatic heterocycles. The van der Waals surface area contributed by atoms with E-state index < -0.39 is 19.1 Å². The van der Waals surface area contributed by atoms with Gasteiger partial charge in [-0.3, -0.25) is 9.59 Å². The molecule has 0 radical (unpaired) electrons. The van der Waals surface area contributed by atoms with Gasteiger partial charge in [-0.15, -0.1) is 0 Å². The van der Waals surface area contributed by atoms with Crippen molar-refractivity contribution in [2.45, 2.75) is 19.5 Å². The zero-order valence-electron chi connectivity index (χ0n) is 9.94. The van der Waals surface area contributed by atoms with Crippen molar-refractivity contribution in [2.75, 3.05) is 6.54 Å². The summed E-state index contributed by atoms with van der Waals surface area (Å²) >= 11 is 0. The molecule has 5 nitrogen and oxygen atoms in total. The molecule has 1 rings (SSSR count). The number of carboxylic acid groups (broad SMARTS) is 1. The minimum atomic E-state index is -2.87. The van der Waals surface area contributed by atoms with Crippen molar-refractivity contribution in [1.29, 1.82) is 0 Å². The highest BCUT2D eigenvalue weighted by molar-refractivity contribution is 5.81. The first kappa shape index (κ1) is 14.9. The second-order valence-corrected chi connectivity index (χ2v) is 3.69. The maximum Gasteiger partial charge on any atom is 0.387 e. The number of alkyl halides is 2. The molecule has 0 bridgehead atoms. The van der Waals surface area contributed by atoms with Crippen LogP contribution in [0.1, 0.15) is 12.0 Å². The van der Waals surface area contributed by atoms with Gasteiger partial charge in [-0.2, -0.15) is 8.78 Å². The van der Waals surface area contributed by atoms with Crippen molar-refractivity contribution in [3.8, 4) is 5.75 Å². The van der Waals surface area contributed by atoms with Gasteiger partial charge in [0.2, 0.25) is 5.91 Å². The number of rotatable bonds is 7. The topological polar surface area (TPSA) is 75.6 Å². The number of ether oxygens (including phenoxy) is 1. The fourth-order valence-corrected chi connectivity index (χ4v) is 1.36. The summed E-state index contributed by atoms with van der Waals surface area (Å²) in [5.74, 6) is -1.44. The summed E-state index contributed by atoms with van der Waals surface area (Å²) in [5.41, 5.74) is 0.770. The van der Waals surface area contributed by atoms with Crippen molar-refractivity contribution >= 4 is 11.9 Å². The molecule has 0 atom stereocenters. The van der Waals surface area contributed by atoms with Gasteiger partial charge in [0.1, 0.15) is 12.3 Å². The first-order chi connectivity index (χ1) is 8.97. The summed E-state index contributed by atoms with van der Waals surface area (Å²) in [6.07, 6.45) is 0.517. The third-order valence-electron chi connectivity index (χ3n) is 2.23. The molecule has 0 saturated carbocycles. The zero-order valence-corrected chi connectivity index (χ0v) is 9.94. The summed E-state index contributed by atoms with van der Waals surface area (Å²) < 4.78 is 28.0. The molecule has 0 saturated heterocycles. The van der Waals surface area contributed by atoms with Crippen LogP contribution in [-0.2, 0) is 16.0 Å². The Bertz CT molecular complexity index is 434. The van der Waals surface area contributed by atoms with E-state index in [2.05, 4.69) is 10.1 Å². The van der Waals surface area contributed by atoms with Crippen LogP contribution in [0, 0.1) is 0 Å². The van der Waals surface area contributed by atoms with Crippen molar-refractivity contribution < 1.29 is 28.2 Å². The van der Waals surface area contributed by atoms with E-state index in [-0.39, 0.29) is 18.1 Å². The Morgan fingerprint density at radius 2 is 1.89 bits per heavy atom. The van der Waals surface area contributed by atoms with E-state index in [1.807, 2.05) is 0 Å². The zero-order chi connectivity index (χ0) is 14.3. The summed E-state index contributed by atoms with van der Waals surface area (Å²) in [5, 5.41) is 10.6. The van der Waals surface area contributed by atoms with Gasteiger partial charge in [0.05, 0.1) is 0 Å². The minimum absolute atomic E-state index is 0.0501. The van der Waals surface area contributed by atoms with Crippen molar-refractivity contribution in [2.24, 2.45) is 0 Å². The fraction of sp³-hybridized carbons (Fsp3) is 0.333. The molecule has 1 aromatic carbocycles. The molecule has 0 spiro atoms. The average Bonchev–Trinajstić information content (AvgIpc) is 2.35. The third kappa shape index (κ3) is 6.35. The number of benzene rings is 1. The van der Waals surface area contributed by atoms with Gasteiger partial charge < -0.3 is 15.2 Å². The van der Waals surface area contributed by atoms with Crippen molar-refractivity contribution in [3.05, 3.63) is 29.8 Å². The second kappa shape index (κ2) is 7.30. The summed E-state index contributed by atoms with van der Waals surface area (Å²) in [6.45, 7) is -3.28. The summed E-state index contributed by atoms with van der Waals surface area (Å²) in [7, 11) is 0. The van der Waals surface area contributed by atoms with Crippen LogP contribution in [0.3, 0.4) is 0 Å². The van der Waals surface area contributed by atoms with Gasteiger partial charge >= 0.3 is 12.6 Å². The van der Waals surface area contributed by atoms with Crippen LogP contribution in [0.5, 0.6) is 5.75 Å². The van der Waals surface area contributed by atoms with E-state index in [0.717, 1.165) is 5.56 Å². The highest BCUT2D eigenvalue weighted by atomic mass is 19.3. The molecule has 0 aliphatic carbocycles. The fourth-order valence-electron chi connectivity index (χ4n) is 1.36. The molecule has 1 amide bonds. The number of carbonyl (C=O) groups excluding carboxylic acids is 1. The first-order valence-corrected chi connectivity index (χ1v) is 5.49. The largest absolute Gasteiger partial charge is 0.480 e. The number of amides is 1. The molecule has 0 unspecified atom stereocenters. The predicted octanol–water partition coefficient (Wildman–Crippen LogP) is 1.42. The van der Waals surface area contributed by atoms with E-state index in [4.69, 9.17) is 5.11 Å². The van der Waals surface area contributed by atoms with Crippen LogP contribution in [0.25, 0.3) is 0 Å². The maximum absolute atomic E-state index is 11.9. The SMILES string of the molecule is O=C(O)CNC(=O)CCc1ccc(OC(F)F)cc1. The lowest BCUT2D eigenvalue weighted by Crippen LogP contribution is -2.29. The van der Waals surface area contributed by atoms with E-state index in [1.165, 1.54) is 12.1 Å². The van der Waals surface area contributed by atoms with Crippen LogP contribution < -0.4 is 10.1 Å². The van der Waals surface area contributed by atoms with Crippen LogP contribution >= 0.6 is 0 Å². The Labute approximate surface area is 108 Å². The number of halogens is 2. The van der Waals surface area contributed by atoms with Gasteiger partial charge in [-0.05, 0) is 24.1 Å². The number of nitrogens with one attached hydrogen (secondary N) is 1. The Morgan fingerprint density at radius 3 is 2.42 bits per heavy atom. The van der Waals surface area contributed by atoms with E-state index in [9.17, 15) is 18.4 Å². The van der Waals surface area contributed by atoms with E-state index in [0.29, 0.717) is 6.42 Å². The monoisotopic (exact) mass is 273 g/mol. The van der Waals surface area contributed by atoms with Gasteiger partial charge in [-0.25, -0.2) is 0 Å². The van der Waals surface area contributed by atoms with Crippen LogP contribution in [0.4, 0.5) is 8.78 Å². The number of carbonyl (C=O) groups is 2. The van der Waals surface area contributed by atoms with Gasteiger partial charge in [-0.1, -0.05) is 12.1 Å². The lowest BCUT2D eigenvalue weighted by atomic mass is 10.1. The van der Waals surface area contributed by atoms with Gasteiger partial charge in [0, 0.05) is 6.42 Å². The normalized spacial score (nSPS) is 10.3. The van der Waals surface area contributed by atoms with Gasteiger partial charge in [0.15, 0.2) is 0 Å². The minimum Gasteiger partial charge on any atom is -0.480 e. The van der Waals surface area contributed by atoms with Crippen LogP contribution in [-0.4, -0.2) is 30.1 Å². The molecule has 2 N–H and O–H groups in total. The highest BCUT2D eigenvalue weighted by Crippen LogP contribution is 2.15. The second-order valence-electron chi connectivity index (χ2n) is 3.69. The molecular weight excluding hydrogens is 260 g/mol. The lowest BCUT2D eigenvalue weighted by molar-refractivity contribution is -0.137. The summed E-state index contributed by atoms with van der Waals surface area (Å²) in [6, 6.07) is 5.91. The lowest BCUT2D eigenvalue weighted by Gasteiger charge is -2.06. The molecular formula is C12H13F2NO4. The summed E-state index contributed by atoms with van der Waals surface area (Å²) in [4.78, 5) is 21.4.